The molecule has 1 heterocycles. The summed E-state index contributed by atoms with van der Waals surface area (Å²) in [7, 11) is 0. The molecule has 0 saturated heterocycles. The largest absolute Gasteiger partial charge is 0.481 e. The number of aliphatic carboxylic acids is 1. The van der Waals surface area contributed by atoms with Crippen molar-refractivity contribution in [2.24, 2.45) is 5.92 Å². The number of carboxylic acids is 1. The fraction of sp³-hybridized carbons (Fsp3) is 0.500. The molecule has 0 saturated carbocycles. The molecule has 1 atom stereocenters. The average Bonchev–Trinajstić information content (AvgIpc) is 2.25. The third kappa shape index (κ3) is 4.95. The first-order valence-electron chi connectivity index (χ1n) is 4.91. The van der Waals surface area contributed by atoms with Crippen LogP contribution in [0, 0.1) is 5.92 Å². The van der Waals surface area contributed by atoms with Gasteiger partial charge < -0.3 is 10.4 Å². The molecule has 0 radical (unpaired) electrons. The van der Waals surface area contributed by atoms with E-state index in [9.17, 15) is 4.79 Å². The topological polar surface area (TPSA) is 75.1 Å². The van der Waals surface area contributed by atoms with Crippen LogP contribution in [-0.4, -0.2) is 27.6 Å². The van der Waals surface area contributed by atoms with Gasteiger partial charge in [-0.3, -0.25) is 4.79 Å². The van der Waals surface area contributed by atoms with Gasteiger partial charge in [0.05, 0.1) is 0 Å². The van der Waals surface area contributed by atoms with Gasteiger partial charge in [0, 0.05) is 25.4 Å². The normalized spacial score (nSPS) is 12.1. The molecule has 5 nitrogen and oxygen atoms in total. The second kappa shape index (κ2) is 5.95. The third-order valence-electron chi connectivity index (χ3n) is 2.03. The fourth-order valence-corrected chi connectivity index (χ4v) is 1.13. The monoisotopic (exact) mass is 209 g/mol. The lowest BCUT2D eigenvalue weighted by molar-refractivity contribution is -0.137. The lowest BCUT2D eigenvalue weighted by Gasteiger charge is -2.10. The van der Waals surface area contributed by atoms with E-state index in [1.165, 1.54) is 0 Å². The van der Waals surface area contributed by atoms with Crippen LogP contribution in [0.2, 0.25) is 0 Å². The van der Waals surface area contributed by atoms with Gasteiger partial charge in [-0.2, -0.15) is 0 Å². The maximum absolute atomic E-state index is 10.3. The van der Waals surface area contributed by atoms with Crippen LogP contribution in [0.5, 0.6) is 0 Å². The van der Waals surface area contributed by atoms with Gasteiger partial charge >= 0.3 is 5.97 Å². The van der Waals surface area contributed by atoms with E-state index < -0.39 is 5.97 Å². The third-order valence-corrected chi connectivity index (χ3v) is 2.03. The Morgan fingerprint density at radius 1 is 1.53 bits per heavy atom. The molecule has 2 N–H and O–H groups in total. The first kappa shape index (κ1) is 11.4. The minimum absolute atomic E-state index is 0.207. The smallest absolute Gasteiger partial charge is 0.303 e. The van der Waals surface area contributed by atoms with E-state index in [1.54, 1.807) is 18.5 Å². The van der Waals surface area contributed by atoms with E-state index in [-0.39, 0.29) is 6.42 Å². The van der Waals surface area contributed by atoms with Crippen LogP contribution >= 0.6 is 0 Å². The van der Waals surface area contributed by atoms with Gasteiger partial charge in [-0.15, -0.1) is 0 Å². The minimum Gasteiger partial charge on any atom is -0.481 e. The molecule has 0 aliphatic rings. The van der Waals surface area contributed by atoms with Gasteiger partial charge in [-0.25, -0.2) is 9.97 Å². The zero-order chi connectivity index (χ0) is 11.1. The molecule has 0 fully saturated rings. The minimum atomic E-state index is -0.752. The number of hydrogen-bond acceptors (Lipinski definition) is 4. The van der Waals surface area contributed by atoms with Crippen molar-refractivity contribution in [1.29, 1.82) is 0 Å². The zero-order valence-electron chi connectivity index (χ0n) is 8.68. The van der Waals surface area contributed by atoms with Crippen LogP contribution in [0.15, 0.2) is 18.5 Å². The Bertz CT molecular complexity index is 303. The van der Waals surface area contributed by atoms with Crippen molar-refractivity contribution in [3.8, 4) is 0 Å². The number of rotatable bonds is 6. The van der Waals surface area contributed by atoms with Crippen LogP contribution in [0.4, 0.5) is 5.95 Å². The summed E-state index contributed by atoms with van der Waals surface area (Å²) >= 11 is 0. The van der Waals surface area contributed by atoms with E-state index in [2.05, 4.69) is 15.3 Å². The van der Waals surface area contributed by atoms with Crippen molar-refractivity contribution in [3.05, 3.63) is 18.5 Å². The van der Waals surface area contributed by atoms with Crippen LogP contribution in [-0.2, 0) is 4.79 Å². The van der Waals surface area contributed by atoms with Gasteiger partial charge in [0.1, 0.15) is 0 Å². The van der Waals surface area contributed by atoms with Crippen molar-refractivity contribution in [1.82, 2.24) is 9.97 Å². The SMILES string of the molecule is CC(CCC(=O)O)CNc1ncccn1. The van der Waals surface area contributed by atoms with E-state index >= 15 is 0 Å². The highest BCUT2D eigenvalue weighted by atomic mass is 16.4. The molecule has 5 heteroatoms. The number of aromatic nitrogens is 2. The van der Waals surface area contributed by atoms with Crippen molar-refractivity contribution in [2.75, 3.05) is 11.9 Å². The summed E-state index contributed by atoms with van der Waals surface area (Å²) < 4.78 is 0. The van der Waals surface area contributed by atoms with Crippen LogP contribution < -0.4 is 5.32 Å². The molecule has 1 unspecified atom stereocenters. The summed E-state index contributed by atoms with van der Waals surface area (Å²) in [5.41, 5.74) is 0. The predicted molar refractivity (Wildman–Crippen MR) is 56.6 cm³/mol. The Balaban J connectivity index is 2.22. The molecule has 15 heavy (non-hydrogen) atoms. The first-order valence-corrected chi connectivity index (χ1v) is 4.91. The molecule has 0 amide bonds. The molecule has 0 spiro atoms. The predicted octanol–water partition coefficient (Wildman–Crippen LogP) is 1.39. The summed E-state index contributed by atoms with van der Waals surface area (Å²) in [6.07, 6.45) is 4.20. The fourth-order valence-electron chi connectivity index (χ4n) is 1.13. The Hall–Kier alpha value is -1.65. The van der Waals surface area contributed by atoms with Crippen molar-refractivity contribution >= 4 is 11.9 Å². The van der Waals surface area contributed by atoms with Gasteiger partial charge in [0.2, 0.25) is 5.95 Å². The number of carbonyl (C=O) groups is 1. The van der Waals surface area contributed by atoms with E-state index in [0.717, 1.165) is 0 Å². The van der Waals surface area contributed by atoms with Gasteiger partial charge in [-0.1, -0.05) is 6.92 Å². The number of carboxylic acid groups (broad SMARTS) is 1. The molecule has 0 aromatic carbocycles. The van der Waals surface area contributed by atoms with Gasteiger partial charge in [0.25, 0.3) is 0 Å². The van der Waals surface area contributed by atoms with Gasteiger partial charge in [-0.05, 0) is 18.4 Å². The maximum atomic E-state index is 10.3. The van der Waals surface area contributed by atoms with E-state index in [1.807, 2.05) is 6.92 Å². The number of nitrogens with one attached hydrogen (secondary N) is 1. The molecule has 82 valence electrons. The summed E-state index contributed by atoms with van der Waals surface area (Å²) in [6, 6.07) is 1.75. The van der Waals surface area contributed by atoms with Gasteiger partial charge in [0.15, 0.2) is 0 Å². The Kier molecular flexibility index (Phi) is 4.53. The summed E-state index contributed by atoms with van der Waals surface area (Å²) in [5, 5.41) is 11.6. The Morgan fingerprint density at radius 3 is 2.80 bits per heavy atom. The highest BCUT2D eigenvalue weighted by Gasteiger charge is 2.05. The number of nitrogens with zero attached hydrogens (tertiary/aromatic N) is 2. The molecule has 1 rings (SSSR count). The Morgan fingerprint density at radius 2 is 2.20 bits per heavy atom. The second-order valence-corrected chi connectivity index (χ2v) is 3.49. The second-order valence-electron chi connectivity index (χ2n) is 3.49. The van der Waals surface area contributed by atoms with Crippen molar-refractivity contribution < 1.29 is 9.90 Å². The molecule has 0 aliphatic carbocycles. The highest BCUT2D eigenvalue weighted by Crippen LogP contribution is 2.06. The lowest BCUT2D eigenvalue weighted by Crippen LogP contribution is -2.14. The number of hydrogen-bond donors (Lipinski definition) is 2. The van der Waals surface area contributed by atoms with Crippen LogP contribution in [0.25, 0.3) is 0 Å². The first-order chi connectivity index (χ1) is 7.18. The van der Waals surface area contributed by atoms with E-state index in [4.69, 9.17) is 5.11 Å². The zero-order valence-corrected chi connectivity index (χ0v) is 8.68. The van der Waals surface area contributed by atoms with Crippen molar-refractivity contribution in [3.63, 3.8) is 0 Å². The van der Waals surface area contributed by atoms with Crippen LogP contribution in [0.1, 0.15) is 19.8 Å². The molecule has 0 aliphatic heterocycles. The number of anilines is 1. The molecule has 1 aromatic rings. The maximum Gasteiger partial charge on any atom is 0.303 e. The lowest BCUT2D eigenvalue weighted by atomic mass is 10.1. The molecule has 1 aromatic heterocycles. The molecular weight excluding hydrogens is 194 g/mol. The Labute approximate surface area is 88.6 Å². The summed E-state index contributed by atoms with van der Waals surface area (Å²) in [4.78, 5) is 18.3. The standard InChI is InChI=1S/C10H15N3O2/c1-8(3-4-9(14)15)7-13-10-11-5-2-6-12-10/h2,5-6,8H,3-4,7H2,1H3,(H,14,15)(H,11,12,13). The van der Waals surface area contributed by atoms with Crippen molar-refractivity contribution in [2.45, 2.75) is 19.8 Å². The quantitative estimate of drug-likeness (QED) is 0.740. The summed E-state index contributed by atoms with van der Waals surface area (Å²) in [5.74, 6) is 0.127. The van der Waals surface area contributed by atoms with Crippen LogP contribution in [0.3, 0.4) is 0 Å². The molecular formula is C10H15N3O2. The molecule has 0 bridgehead atoms. The summed E-state index contributed by atoms with van der Waals surface area (Å²) in [6.45, 7) is 2.69. The average molecular weight is 209 g/mol. The highest BCUT2D eigenvalue weighted by molar-refractivity contribution is 5.66. The van der Waals surface area contributed by atoms with E-state index in [0.29, 0.717) is 24.8 Å².